The molecule has 33 heavy (non-hydrogen) atoms. The molecule has 2 fully saturated rings. The van der Waals surface area contributed by atoms with E-state index in [-0.39, 0.29) is 30.1 Å². The molecule has 0 unspecified atom stereocenters. The second-order valence-electron chi connectivity index (χ2n) is 8.37. The minimum absolute atomic E-state index is 0.0254. The zero-order chi connectivity index (χ0) is 23.0. The molecule has 2 aromatic carbocycles. The van der Waals surface area contributed by atoms with Crippen molar-refractivity contribution >= 4 is 29.4 Å². The van der Waals surface area contributed by atoms with Crippen molar-refractivity contribution in [1.29, 1.82) is 0 Å². The van der Waals surface area contributed by atoms with Crippen molar-refractivity contribution in [3.8, 4) is 11.5 Å². The third-order valence-corrected chi connectivity index (χ3v) is 8.94. The molecule has 0 saturated carbocycles. The summed E-state index contributed by atoms with van der Waals surface area (Å²) in [5.41, 5.74) is 2.24. The Kier molecular flexibility index (Phi) is 8.81. The lowest BCUT2D eigenvalue weighted by Gasteiger charge is -2.32. The maximum atomic E-state index is 13.9. The zero-order valence-corrected chi connectivity index (χ0v) is 20.6. The number of nitrogens with zero attached hydrogens (tertiary/aromatic N) is 1. The molecule has 5 nitrogen and oxygen atoms in total. The predicted octanol–water partition coefficient (Wildman–Crippen LogP) is 4.86. The van der Waals surface area contributed by atoms with Gasteiger partial charge in [0.1, 0.15) is 5.75 Å². The SMILES string of the molecule is COc1ccc(CN2CCC(NC(=O)COc3ccc(C4SCCCS4)cc3)CC2)cc1F. The van der Waals surface area contributed by atoms with Crippen molar-refractivity contribution in [2.75, 3.05) is 38.3 Å². The number of ether oxygens (including phenoxy) is 2. The van der Waals surface area contributed by atoms with Crippen molar-refractivity contribution in [2.45, 2.75) is 36.4 Å². The number of carbonyl (C=O) groups is 1. The average Bonchev–Trinajstić information content (AvgIpc) is 2.85. The van der Waals surface area contributed by atoms with Crippen molar-refractivity contribution < 1.29 is 18.7 Å². The number of thioether (sulfide) groups is 2. The van der Waals surface area contributed by atoms with Gasteiger partial charge in [-0.15, -0.1) is 23.5 Å². The number of hydrogen-bond donors (Lipinski definition) is 1. The standard InChI is InChI=1S/C25H31FN2O3S2/c1-30-23-8-3-18(15-22(23)26)16-28-11-9-20(10-12-28)27-24(29)17-31-21-6-4-19(5-7-21)25-32-13-2-14-33-25/h3-8,15,20,25H,2,9-14,16-17H2,1H3,(H,27,29). The lowest BCUT2D eigenvalue weighted by Crippen LogP contribution is -2.45. The van der Waals surface area contributed by atoms with Crippen LogP contribution in [-0.2, 0) is 11.3 Å². The van der Waals surface area contributed by atoms with E-state index in [1.807, 2.05) is 41.7 Å². The highest BCUT2D eigenvalue weighted by Crippen LogP contribution is 2.43. The van der Waals surface area contributed by atoms with Gasteiger partial charge in [-0.1, -0.05) is 18.2 Å². The Bertz CT molecular complexity index is 914. The molecule has 1 amide bonds. The number of halogens is 1. The predicted molar refractivity (Wildman–Crippen MR) is 134 cm³/mol. The van der Waals surface area contributed by atoms with E-state index in [9.17, 15) is 9.18 Å². The van der Waals surface area contributed by atoms with Gasteiger partial charge in [0.2, 0.25) is 0 Å². The molecule has 2 aliphatic heterocycles. The van der Waals surface area contributed by atoms with Crippen LogP contribution in [0.5, 0.6) is 11.5 Å². The highest BCUT2D eigenvalue weighted by Gasteiger charge is 2.21. The Balaban J connectivity index is 1.16. The normalized spacial score (nSPS) is 18.1. The van der Waals surface area contributed by atoms with E-state index >= 15 is 0 Å². The number of carbonyl (C=O) groups excluding carboxylic acids is 1. The maximum absolute atomic E-state index is 13.9. The lowest BCUT2D eigenvalue weighted by atomic mass is 10.0. The summed E-state index contributed by atoms with van der Waals surface area (Å²) in [5.74, 6) is 3.00. The Morgan fingerprint density at radius 3 is 2.52 bits per heavy atom. The van der Waals surface area contributed by atoms with Gasteiger partial charge in [-0.2, -0.15) is 0 Å². The van der Waals surface area contributed by atoms with Gasteiger partial charge in [0, 0.05) is 25.7 Å². The number of benzene rings is 2. The Hall–Kier alpha value is -1.90. The quantitative estimate of drug-likeness (QED) is 0.570. The molecule has 178 valence electrons. The van der Waals surface area contributed by atoms with Crippen LogP contribution in [0.2, 0.25) is 0 Å². The smallest absolute Gasteiger partial charge is 0.258 e. The summed E-state index contributed by atoms with van der Waals surface area (Å²) in [6.07, 6.45) is 3.02. The number of amides is 1. The number of piperidine rings is 1. The Labute approximate surface area is 203 Å². The van der Waals surface area contributed by atoms with Crippen LogP contribution in [0, 0.1) is 5.82 Å². The second-order valence-corrected chi connectivity index (χ2v) is 11.1. The average molecular weight is 491 g/mol. The first-order valence-electron chi connectivity index (χ1n) is 11.4. The van der Waals surface area contributed by atoms with Crippen LogP contribution >= 0.6 is 23.5 Å². The fraction of sp³-hybridized carbons (Fsp3) is 0.480. The molecule has 0 aromatic heterocycles. The van der Waals surface area contributed by atoms with E-state index in [1.54, 1.807) is 6.07 Å². The molecule has 2 saturated heterocycles. The summed E-state index contributed by atoms with van der Waals surface area (Å²) in [6.45, 7) is 2.44. The Morgan fingerprint density at radius 2 is 1.85 bits per heavy atom. The molecule has 0 aliphatic carbocycles. The Morgan fingerprint density at radius 1 is 1.12 bits per heavy atom. The molecule has 0 radical (unpaired) electrons. The topological polar surface area (TPSA) is 50.8 Å². The van der Waals surface area contributed by atoms with E-state index in [0.29, 0.717) is 11.1 Å². The zero-order valence-electron chi connectivity index (χ0n) is 18.9. The summed E-state index contributed by atoms with van der Waals surface area (Å²) in [5, 5.41) is 3.09. The van der Waals surface area contributed by atoms with Gasteiger partial charge in [0.25, 0.3) is 5.91 Å². The largest absolute Gasteiger partial charge is 0.494 e. The van der Waals surface area contributed by atoms with Crippen LogP contribution in [-0.4, -0.2) is 55.2 Å². The van der Waals surface area contributed by atoms with Crippen LogP contribution in [0.15, 0.2) is 42.5 Å². The van der Waals surface area contributed by atoms with Crippen molar-refractivity contribution in [3.63, 3.8) is 0 Å². The van der Waals surface area contributed by atoms with Gasteiger partial charge in [0.05, 0.1) is 11.7 Å². The highest BCUT2D eigenvalue weighted by molar-refractivity contribution is 8.16. The van der Waals surface area contributed by atoms with Gasteiger partial charge >= 0.3 is 0 Å². The van der Waals surface area contributed by atoms with E-state index in [0.717, 1.165) is 37.2 Å². The first kappa shape index (κ1) is 24.2. The van der Waals surface area contributed by atoms with E-state index < -0.39 is 0 Å². The summed E-state index contributed by atoms with van der Waals surface area (Å²) in [7, 11) is 1.47. The van der Waals surface area contributed by atoms with E-state index in [1.165, 1.54) is 36.7 Å². The van der Waals surface area contributed by atoms with Crippen LogP contribution in [0.25, 0.3) is 0 Å². The number of nitrogens with one attached hydrogen (secondary N) is 1. The molecule has 0 bridgehead atoms. The fourth-order valence-electron chi connectivity index (χ4n) is 4.12. The van der Waals surface area contributed by atoms with Crippen molar-refractivity contribution in [1.82, 2.24) is 10.2 Å². The molecule has 8 heteroatoms. The number of rotatable bonds is 8. The van der Waals surface area contributed by atoms with E-state index in [2.05, 4.69) is 22.3 Å². The first-order valence-corrected chi connectivity index (χ1v) is 13.5. The molecular weight excluding hydrogens is 459 g/mol. The molecule has 0 spiro atoms. The van der Waals surface area contributed by atoms with E-state index in [4.69, 9.17) is 9.47 Å². The second kappa shape index (κ2) is 12.0. The van der Waals surface area contributed by atoms with Gasteiger partial charge < -0.3 is 14.8 Å². The van der Waals surface area contributed by atoms with Crippen LogP contribution in [0.3, 0.4) is 0 Å². The summed E-state index contributed by atoms with van der Waals surface area (Å²) in [4.78, 5) is 14.6. The summed E-state index contributed by atoms with van der Waals surface area (Å²) < 4.78 is 25.1. The molecule has 1 N–H and O–H groups in total. The molecule has 2 aromatic rings. The number of methoxy groups -OCH3 is 1. The molecule has 0 atom stereocenters. The van der Waals surface area contributed by atoms with Crippen LogP contribution in [0.1, 0.15) is 35.0 Å². The number of hydrogen-bond acceptors (Lipinski definition) is 6. The highest BCUT2D eigenvalue weighted by atomic mass is 32.2. The molecule has 2 aliphatic rings. The lowest BCUT2D eigenvalue weighted by molar-refractivity contribution is -0.124. The van der Waals surface area contributed by atoms with Gasteiger partial charge in [-0.3, -0.25) is 9.69 Å². The van der Waals surface area contributed by atoms with Crippen molar-refractivity contribution in [2.24, 2.45) is 0 Å². The van der Waals surface area contributed by atoms with Gasteiger partial charge in [-0.25, -0.2) is 4.39 Å². The fourth-order valence-corrected chi connectivity index (χ4v) is 7.02. The molecule has 2 heterocycles. The molecular formula is C25H31FN2O3S2. The number of likely N-dealkylation sites (tertiary alicyclic amines) is 1. The summed E-state index contributed by atoms with van der Waals surface area (Å²) in [6, 6.07) is 13.4. The summed E-state index contributed by atoms with van der Waals surface area (Å²) >= 11 is 3.99. The first-order chi connectivity index (χ1) is 16.1. The van der Waals surface area contributed by atoms with Crippen LogP contribution < -0.4 is 14.8 Å². The monoisotopic (exact) mass is 490 g/mol. The third kappa shape index (κ3) is 7.04. The van der Waals surface area contributed by atoms with Gasteiger partial charge in [0.15, 0.2) is 18.2 Å². The minimum Gasteiger partial charge on any atom is -0.494 e. The van der Waals surface area contributed by atoms with Crippen molar-refractivity contribution in [3.05, 3.63) is 59.4 Å². The molecule has 4 rings (SSSR count). The maximum Gasteiger partial charge on any atom is 0.258 e. The van der Waals surface area contributed by atoms with Crippen LogP contribution in [0.4, 0.5) is 4.39 Å². The van der Waals surface area contributed by atoms with Gasteiger partial charge in [-0.05, 0) is 66.2 Å². The minimum atomic E-state index is -0.335. The third-order valence-electron chi connectivity index (χ3n) is 5.92.